The molecule has 1 atom stereocenters. The first kappa shape index (κ1) is 17.3. The van der Waals surface area contributed by atoms with Crippen LogP contribution in [0.2, 0.25) is 0 Å². The molecule has 5 nitrogen and oxygen atoms in total. The standard InChI is InChI=1S/C19H18N2O3S2/c1-13(22)14-8-10-15(11-9-14)26(23,24)21-12-4-6-17(21)19-20-16-5-2-3-7-18(16)25-19/h2-3,5,7-11,17H,4,6,12H2,1H3. The minimum absolute atomic E-state index is 0.0810. The number of hydrogen-bond donors (Lipinski definition) is 0. The van der Waals surface area contributed by atoms with Crippen molar-refractivity contribution in [1.82, 2.24) is 9.29 Å². The Balaban J connectivity index is 1.69. The van der Waals surface area contributed by atoms with Gasteiger partial charge in [-0.1, -0.05) is 24.3 Å². The lowest BCUT2D eigenvalue weighted by molar-refractivity contribution is 0.101. The minimum atomic E-state index is -3.63. The molecule has 0 amide bonds. The van der Waals surface area contributed by atoms with Gasteiger partial charge in [0.2, 0.25) is 10.0 Å². The van der Waals surface area contributed by atoms with Crippen LogP contribution in [0.5, 0.6) is 0 Å². The van der Waals surface area contributed by atoms with Crippen molar-refractivity contribution in [2.75, 3.05) is 6.54 Å². The molecule has 0 saturated carbocycles. The molecule has 4 rings (SSSR count). The average Bonchev–Trinajstić information content (AvgIpc) is 3.28. The summed E-state index contributed by atoms with van der Waals surface area (Å²) in [7, 11) is -3.63. The molecule has 2 aromatic carbocycles. The molecule has 0 spiro atoms. The summed E-state index contributed by atoms with van der Waals surface area (Å²) in [6.07, 6.45) is 1.58. The normalized spacial score (nSPS) is 18.4. The van der Waals surface area contributed by atoms with Crippen molar-refractivity contribution < 1.29 is 13.2 Å². The number of para-hydroxylation sites is 1. The van der Waals surface area contributed by atoms with E-state index in [0.29, 0.717) is 12.1 Å². The van der Waals surface area contributed by atoms with E-state index in [0.717, 1.165) is 28.1 Å². The summed E-state index contributed by atoms with van der Waals surface area (Å²) in [6.45, 7) is 1.95. The van der Waals surface area contributed by atoms with E-state index in [1.54, 1.807) is 27.8 Å². The van der Waals surface area contributed by atoms with E-state index in [-0.39, 0.29) is 16.7 Å². The van der Waals surface area contributed by atoms with E-state index in [1.165, 1.54) is 19.1 Å². The number of benzene rings is 2. The zero-order chi connectivity index (χ0) is 18.3. The van der Waals surface area contributed by atoms with Crippen LogP contribution in [0.4, 0.5) is 0 Å². The Morgan fingerprint density at radius 3 is 2.58 bits per heavy atom. The number of hydrogen-bond acceptors (Lipinski definition) is 5. The molecule has 3 aromatic rings. The first-order valence-corrected chi connectivity index (χ1v) is 10.7. The molecule has 0 N–H and O–H groups in total. The van der Waals surface area contributed by atoms with Gasteiger partial charge >= 0.3 is 0 Å². The van der Waals surface area contributed by atoms with Gasteiger partial charge < -0.3 is 0 Å². The van der Waals surface area contributed by atoms with Crippen LogP contribution < -0.4 is 0 Å². The summed E-state index contributed by atoms with van der Waals surface area (Å²) >= 11 is 1.55. The predicted molar refractivity (Wildman–Crippen MR) is 102 cm³/mol. The fourth-order valence-corrected chi connectivity index (χ4v) is 6.15. The van der Waals surface area contributed by atoms with E-state index in [1.807, 2.05) is 24.3 Å². The Morgan fingerprint density at radius 2 is 1.88 bits per heavy atom. The first-order chi connectivity index (χ1) is 12.5. The van der Waals surface area contributed by atoms with Gasteiger partial charge in [-0.15, -0.1) is 11.3 Å². The summed E-state index contributed by atoms with van der Waals surface area (Å²) in [5.41, 5.74) is 1.41. The summed E-state index contributed by atoms with van der Waals surface area (Å²) in [5, 5.41) is 0.840. The molecule has 26 heavy (non-hydrogen) atoms. The van der Waals surface area contributed by atoms with Gasteiger partial charge in [0, 0.05) is 12.1 Å². The van der Waals surface area contributed by atoms with Crippen LogP contribution in [0.25, 0.3) is 10.2 Å². The molecule has 1 unspecified atom stereocenters. The highest BCUT2D eigenvalue weighted by atomic mass is 32.2. The quantitative estimate of drug-likeness (QED) is 0.635. The number of sulfonamides is 1. The van der Waals surface area contributed by atoms with Gasteiger partial charge in [-0.05, 0) is 44.0 Å². The largest absolute Gasteiger partial charge is 0.295 e. The number of nitrogens with zero attached hydrogens (tertiary/aromatic N) is 2. The third-order valence-corrected chi connectivity index (χ3v) is 7.73. The van der Waals surface area contributed by atoms with E-state index in [2.05, 4.69) is 4.98 Å². The van der Waals surface area contributed by atoms with Crippen molar-refractivity contribution in [2.45, 2.75) is 30.7 Å². The van der Waals surface area contributed by atoms with E-state index >= 15 is 0 Å². The van der Waals surface area contributed by atoms with Crippen molar-refractivity contribution in [2.24, 2.45) is 0 Å². The average molecular weight is 386 g/mol. The van der Waals surface area contributed by atoms with Gasteiger partial charge in [0.1, 0.15) is 5.01 Å². The highest BCUT2D eigenvalue weighted by Crippen LogP contribution is 2.39. The Kier molecular flexibility index (Phi) is 4.38. The van der Waals surface area contributed by atoms with Gasteiger partial charge in [0.05, 0.1) is 21.2 Å². The fraction of sp³-hybridized carbons (Fsp3) is 0.263. The maximum Gasteiger partial charge on any atom is 0.243 e. The smallest absolute Gasteiger partial charge is 0.243 e. The van der Waals surface area contributed by atoms with Crippen LogP contribution in [-0.2, 0) is 10.0 Å². The van der Waals surface area contributed by atoms with Crippen LogP contribution in [0, 0.1) is 0 Å². The third kappa shape index (κ3) is 2.96. The Morgan fingerprint density at radius 1 is 1.15 bits per heavy atom. The van der Waals surface area contributed by atoms with Gasteiger partial charge in [-0.3, -0.25) is 4.79 Å². The minimum Gasteiger partial charge on any atom is -0.295 e. The molecular weight excluding hydrogens is 368 g/mol. The number of rotatable bonds is 4. The molecule has 1 aromatic heterocycles. The number of fused-ring (bicyclic) bond motifs is 1. The van der Waals surface area contributed by atoms with Crippen LogP contribution in [0.1, 0.15) is 41.2 Å². The lowest BCUT2D eigenvalue weighted by Crippen LogP contribution is -2.30. The Hall–Kier alpha value is -2.09. The second-order valence-electron chi connectivity index (χ2n) is 6.37. The SMILES string of the molecule is CC(=O)c1ccc(S(=O)(=O)N2CCCC2c2nc3ccccc3s2)cc1. The van der Waals surface area contributed by atoms with Crippen molar-refractivity contribution in [3.63, 3.8) is 0 Å². The van der Waals surface area contributed by atoms with Crippen molar-refractivity contribution in [3.05, 3.63) is 59.1 Å². The molecule has 1 aliphatic heterocycles. The molecular formula is C19H18N2O3S2. The first-order valence-electron chi connectivity index (χ1n) is 8.45. The highest BCUT2D eigenvalue weighted by Gasteiger charge is 2.37. The number of carbonyl (C=O) groups excluding carboxylic acids is 1. The van der Waals surface area contributed by atoms with Gasteiger partial charge in [0.15, 0.2) is 5.78 Å². The third-order valence-electron chi connectivity index (χ3n) is 4.67. The van der Waals surface area contributed by atoms with Crippen molar-refractivity contribution in [1.29, 1.82) is 0 Å². The van der Waals surface area contributed by atoms with Crippen LogP contribution in [0.15, 0.2) is 53.4 Å². The maximum absolute atomic E-state index is 13.1. The zero-order valence-electron chi connectivity index (χ0n) is 14.3. The Bertz CT molecular complexity index is 1040. The molecule has 1 saturated heterocycles. The van der Waals surface area contributed by atoms with Gasteiger partial charge in [0.25, 0.3) is 0 Å². The van der Waals surface area contributed by atoms with Gasteiger partial charge in [-0.2, -0.15) is 4.31 Å². The van der Waals surface area contributed by atoms with E-state index in [4.69, 9.17) is 0 Å². The van der Waals surface area contributed by atoms with Crippen molar-refractivity contribution >= 4 is 37.4 Å². The molecule has 0 radical (unpaired) electrons. The number of thiazole rings is 1. The number of ketones is 1. The molecule has 2 heterocycles. The molecule has 0 aliphatic carbocycles. The lowest BCUT2D eigenvalue weighted by Gasteiger charge is -2.22. The maximum atomic E-state index is 13.1. The number of carbonyl (C=O) groups is 1. The van der Waals surface area contributed by atoms with Gasteiger partial charge in [-0.25, -0.2) is 13.4 Å². The van der Waals surface area contributed by atoms with Crippen LogP contribution >= 0.6 is 11.3 Å². The van der Waals surface area contributed by atoms with Crippen molar-refractivity contribution in [3.8, 4) is 0 Å². The monoisotopic (exact) mass is 386 g/mol. The highest BCUT2D eigenvalue weighted by molar-refractivity contribution is 7.89. The summed E-state index contributed by atoms with van der Waals surface area (Å²) < 4.78 is 28.9. The Labute approximate surface area is 156 Å². The molecule has 7 heteroatoms. The van der Waals surface area contributed by atoms with E-state index < -0.39 is 10.0 Å². The molecule has 134 valence electrons. The topological polar surface area (TPSA) is 67.3 Å². The molecule has 1 aliphatic rings. The summed E-state index contributed by atoms with van der Waals surface area (Å²) in [6, 6.07) is 13.8. The lowest BCUT2D eigenvalue weighted by atomic mass is 10.2. The summed E-state index contributed by atoms with van der Waals surface area (Å²) in [5.74, 6) is -0.0810. The van der Waals surface area contributed by atoms with E-state index in [9.17, 15) is 13.2 Å². The summed E-state index contributed by atoms with van der Waals surface area (Å²) in [4.78, 5) is 16.3. The van der Waals surface area contributed by atoms with Crippen LogP contribution in [0.3, 0.4) is 0 Å². The second-order valence-corrected chi connectivity index (χ2v) is 9.33. The van der Waals surface area contributed by atoms with Crippen LogP contribution in [-0.4, -0.2) is 30.0 Å². The molecule has 0 bridgehead atoms. The number of aromatic nitrogens is 1. The zero-order valence-corrected chi connectivity index (χ0v) is 15.9. The fourth-order valence-electron chi connectivity index (χ4n) is 3.30. The number of Topliss-reactive ketones (excluding diaryl/α,β-unsaturated/α-hetero) is 1. The predicted octanol–water partition coefficient (Wildman–Crippen LogP) is 4.02. The second kappa shape index (κ2) is 6.57. The molecule has 1 fully saturated rings.